The second-order valence-electron chi connectivity index (χ2n) is 5.92. The number of aryl methyl sites for hydroxylation is 1. The standard InChI is InChI=1S/C16H24N2O2/c1-12(3-4-13-5-7-14(19)8-6-13)18-15(20)16(11-17)9-2-10-16/h5-8,12,19H,2-4,9-11,17H2,1H3,(H,18,20). The highest BCUT2D eigenvalue weighted by atomic mass is 16.3. The number of nitrogens with two attached hydrogens (primary N) is 1. The fraction of sp³-hybridized carbons (Fsp3) is 0.562. The molecule has 0 bridgehead atoms. The minimum atomic E-state index is -0.299. The molecular weight excluding hydrogens is 252 g/mol. The zero-order chi connectivity index (χ0) is 14.6. The Morgan fingerprint density at radius 1 is 1.40 bits per heavy atom. The Kier molecular flexibility index (Phi) is 4.65. The molecule has 1 aromatic carbocycles. The summed E-state index contributed by atoms with van der Waals surface area (Å²) in [6.07, 6.45) is 4.71. The molecule has 0 saturated heterocycles. The van der Waals surface area contributed by atoms with Crippen LogP contribution in [0.3, 0.4) is 0 Å². The maximum Gasteiger partial charge on any atom is 0.227 e. The van der Waals surface area contributed by atoms with Gasteiger partial charge < -0.3 is 16.2 Å². The molecule has 0 aliphatic heterocycles. The van der Waals surface area contributed by atoms with Gasteiger partial charge >= 0.3 is 0 Å². The van der Waals surface area contributed by atoms with E-state index in [-0.39, 0.29) is 23.1 Å². The average molecular weight is 276 g/mol. The Morgan fingerprint density at radius 2 is 2.05 bits per heavy atom. The number of phenolic OH excluding ortho intramolecular Hbond substituents is 1. The molecule has 110 valence electrons. The molecular formula is C16H24N2O2. The van der Waals surface area contributed by atoms with Crippen molar-refractivity contribution in [2.75, 3.05) is 6.54 Å². The van der Waals surface area contributed by atoms with Crippen LogP contribution < -0.4 is 11.1 Å². The summed E-state index contributed by atoms with van der Waals surface area (Å²) in [5.41, 5.74) is 6.61. The van der Waals surface area contributed by atoms with E-state index in [4.69, 9.17) is 5.73 Å². The fourth-order valence-electron chi connectivity index (χ4n) is 2.62. The molecule has 1 aliphatic carbocycles. The molecule has 1 saturated carbocycles. The number of amides is 1. The first-order valence-corrected chi connectivity index (χ1v) is 7.35. The number of hydrogen-bond acceptors (Lipinski definition) is 3. The van der Waals surface area contributed by atoms with Crippen LogP contribution in [0.4, 0.5) is 0 Å². The lowest BCUT2D eigenvalue weighted by Gasteiger charge is -2.39. The topological polar surface area (TPSA) is 75.3 Å². The molecule has 1 fully saturated rings. The SMILES string of the molecule is CC(CCc1ccc(O)cc1)NC(=O)C1(CN)CCC1. The average Bonchev–Trinajstić information content (AvgIpc) is 2.37. The molecule has 0 aromatic heterocycles. The number of rotatable bonds is 6. The number of aromatic hydroxyl groups is 1. The van der Waals surface area contributed by atoms with Gasteiger partial charge in [0.1, 0.15) is 5.75 Å². The van der Waals surface area contributed by atoms with Gasteiger partial charge in [-0.2, -0.15) is 0 Å². The number of hydrogen-bond donors (Lipinski definition) is 3. The van der Waals surface area contributed by atoms with E-state index in [1.165, 1.54) is 5.56 Å². The normalized spacial score (nSPS) is 18.1. The molecule has 4 nitrogen and oxygen atoms in total. The molecule has 1 atom stereocenters. The highest BCUT2D eigenvalue weighted by Gasteiger charge is 2.42. The van der Waals surface area contributed by atoms with Crippen molar-refractivity contribution in [1.82, 2.24) is 5.32 Å². The summed E-state index contributed by atoms with van der Waals surface area (Å²) in [5, 5.41) is 12.3. The zero-order valence-electron chi connectivity index (χ0n) is 12.1. The molecule has 1 unspecified atom stereocenters. The largest absolute Gasteiger partial charge is 0.508 e. The van der Waals surface area contributed by atoms with Crippen LogP contribution in [0.15, 0.2) is 24.3 Å². The summed E-state index contributed by atoms with van der Waals surface area (Å²) < 4.78 is 0. The molecule has 1 aliphatic rings. The third-order valence-electron chi connectivity index (χ3n) is 4.36. The van der Waals surface area contributed by atoms with Crippen LogP contribution in [0.1, 0.15) is 38.2 Å². The number of nitrogens with one attached hydrogen (secondary N) is 1. The maximum absolute atomic E-state index is 12.2. The van der Waals surface area contributed by atoms with Crippen LogP contribution in [-0.4, -0.2) is 23.6 Å². The smallest absolute Gasteiger partial charge is 0.227 e. The van der Waals surface area contributed by atoms with Gasteiger partial charge in [-0.3, -0.25) is 4.79 Å². The second kappa shape index (κ2) is 6.27. The molecule has 0 radical (unpaired) electrons. The molecule has 20 heavy (non-hydrogen) atoms. The molecule has 4 heteroatoms. The predicted molar refractivity (Wildman–Crippen MR) is 79.4 cm³/mol. The van der Waals surface area contributed by atoms with E-state index in [0.717, 1.165) is 32.1 Å². The first-order valence-electron chi connectivity index (χ1n) is 7.35. The van der Waals surface area contributed by atoms with Gasteiger partial charge in [0.25, 0.3) is 0 Å². The van der Waals surface area contributed by atoms with E-state index >= 15 is 0 Å². The zero-order valence-corrected chi connectivity index (χ0v) is 12.1. The summed E-state index contributed by atoms with van der Waals surface area (Å²) in [7, 11) is 0. The molecule has 1 amide bonds. The van der Waals surface area contributed by atoms with E-state index in [0.29, 0.717) is 6.54 Å². The number of carbonyl (C=O) groups excluding carboxylic acids is 1. The Morgan fingerprint density at radius 3 is 2.55 bits per heavy atom. The molecule has 0 heterocycles. The van der Waals surface area contributed by atoms with Crippen LogP contribution >= 0.6 is 0 Å². The lowest BCUT2D eigenvalue weighted by molar-refractivity contribution is -0.135. The summed E-state index contributed by atoms with van der Waals surface area (Å²) in [4.78, 5) is 12.2. The fourth-order valence-corrected chi connectivity index (χ4v) is 2.62. The van der Waals surface area contributed by atoms with Gasteiger partial charge in [-0.05, 0) is 50.3 Å². The third kappa shape index (κ3) is 3.31. The predicted octanol–water partition coefficient (Wildman–Crippen LogP) is 1.96. The molecule has 1 aromatic rings. The highest BCUT2D eigenvalue weighted by Crippen LogP contribution is 2.40. The lowest BCUT2D eigenvalue weighted by atomic mass is 9.68. The van der Waals surface area contributed by atoms with Crippen molar-refractivity contribution < 1.29 is 9.90 Å². The molecule has 2 rings (SSSR count). The Balaban J connectivity index is 1.79. The first-order chi connectivity index (χ1) is 9.55. The minimum absolute atomic E-state index is 0.115. The van der Waals surface area contributed by atoms with Gasteiger partial charge in [0.05, 0.1) is 5.41 Å². The monoisotopic (exact) mass is 276 g/mol. The molecule has 0 spiro atoms. The summed E-state index contributed by atoms with van der Waals surface area (Å²) >= 11 is 0. The Labute approximate surface area is 120 Å². The minimum Gasteiger partial charge on any atom is -0.508 e. The van der Waals surface area contributed by atoms with Gasteiger partial charge in [0.15, 0.2) is 0 Å². The summed E-state index contributed by atoms with van der Waals surface area (Å²) in [6, 6.07) is 7.35. The lowest BCUT2D eigenvalue weighted by Crippen LogP contribution is -2.52. The molecule has 4 N–H and O–H groups in total. The quantitative estimate of drug-likeness (QED) is 0.743. The Bertz CT molecular complexity index is 447. The van der Waals surface area contributed by atoms with Gasteiger partial charge in [-0.1, -0.05) is 18.6 Å². The Hall–Kier alpha value is -1.55. The summed E-state index contributed by atoms with van der Waals surface area (Å²) in [5.74, 6) is 0.398. The van der Waals surface area contributed by atoms with Crippen molar-refractivity contribution in [3.63, 3.8) is 0 Å². The van der Waals surface area contributed by atoms with Crippen molar-refractivity contribution in [3.05, 3.63) is 29.8 Å². The van der Waals surface area contributed by atoms with Crippen molar-refractivity contribution in [3.8, 4) is 5.75 Å². The third-order valence-corrected chi connectivity index (χ3v) is 4.36. The highest BCUT2D eigenvalue weighted by molar-refractivity contribution is 5.84. The van der Waals surface area contributed by atoms with Gasteiger partial charge in [-0.25, -0.2) is 0 Å². The van der Waals surface area contributed by atoms with Gasteiger partial charge in [0.2, 0.25) is 5.91 Å². The van der Waals surface area contributed by atoms with Gasteiger partial charge in [-0.15, -0.1) is 0 Å². The van der Waals surface area contributed by atoms with Gasteiger partial charge in [0, 0.05) is 12.6 Å². The van der Waals surface area contributed by atoms with E-state index < -0.39 is 0 Å². The van der Waals surface area contributed by atoms with Crippen LogP contribution in [0.2, 0.25) is 0 Å². The van der Waals surface area contributed by atoms with Crippen LogP contribution in [0, 0.1) is 5.41 Å². The van der Waals surface area contributed by atoms with Crippen molar-refractivity contribution in [2.45, 2.75) is 45.1 Å². The first kappa shape index (κ1) is 14.9. The van der Waals surface area contributed by atoms with Crippen molar-refractivity contribution in [1.29, 1.82) is 0 Å². The second-order valence-corrected chi connectivity index (χ2v) is 5.92. The number of carbonyl (C=O) groups is 1. The maximum atomic E-state index is 12.2. The van der Waals surface area contributed by atoms with Crippen LogP contribution in [0.25, 0.3) is 0 Å². The van der Waals surface area contributed by atoms with E-state index in [1.807, 2.05) is 19.1 Å². The van der Waals surface area contributed by atoms with Crippen molar-refractivity contribution >= 4 is 5.91 Å². The van der Waals surface area contributed by atoms with Crippen LogP contribution in [0.5, 0.6) is 5.75 Å². The van der Waals surface area contributed by atoms with E-state index in [1.54, 1.807) is 12.1 Å². The van der Waals surface area contributed by atoms with Crippen molar-refractivity contribution in [2.24, 2.45) is 11.1 Å². The summed E-state index contributed by atoms with van der Waals surface area (Å²) in [6.45, 7) is 2.48. The van der Waals surface area contributed by atoms with E-state index in [2.05, 4.69) is 5.32 Å². The van der Waals surface area contributed by atoms with E-state index in [9.17, 15) is 9.90 Å². The van der Waals surface area contributed by atoms with Crippen LogP contribution in [-0.2, 0) is 11.2 Å². The number of phenols is 1. The number of benzene rings is 1.